The van der Waals surface area contributed by atoms with Crippen LogP contribution in [0.1, 0.15) is 18.9 Å². The maximum absolute atomic E-state index is 13.3. The van der Waals surface area contributed by atoms with Gasteiger partial charge in [0.15, 0.2) is 0 Å². The molecule has 0 aromatic heterocycles. The van der Waals surface area contributed by atoms with Gasteiger partial charge in [0, 0.05) is 18.1 Å². The van der Waals surface area contributed by atoms with Crippen LogP contribution >= 0.6 is 15.9 Å². The standard InChI is InChI=1S/C21H26BrN3O4S/c1-4-19(21(27)23-2)24(14-16-9-6-5-7-10-16)20(26)15-25(30(3,28)29)18-12-8-11-17(22)13-18/h5-13,19H,4,14-15H2,1-3H3,(H,23,27)/t19-/m1/s1. The molecule has 162 valence electrons. The van der Waals surface area contributed by atoms with Gasteiger partial charge in [0.05, 0.1) is 11.9 Å². The van der Waals surface area contributed by atoms with Crippen LogP contribution in [0.15, 0.2) is 59.1 Å². The summed E-state index contributed by atoms with van der Waals surface area (Å²) in [4.78, 5) is 27.2. The van der Waals surface area contributed by atoms with E-state index in [2.05, 4.69) is 21.2 Å². The third-order valence-corrected chi connectivity index (χ3v) is 6.24. The van der Waals surface area contributed by atoms with E-state index in [0.29, 0.717) is 16.6 Å². The van der Waals surface area contributed by atoms with Crippen LogP contribution in [0.5, 0.6) is 0 Å². The molecule has 2 aromatic rings. The number of likely N-dealkylation sites (N-methyl/N-ethyl adjacent to an activating group) is 1. The number of amides is 2. The van der Waals surface area contributed by atoms with E-state index in [1.54, 1.807) is 24.3 Å². The van der Waals surface area contributed by atoms with E-state index in [9.17, 15) is 18.0 Å². The van der Waals surface area contributed by atoms with Crippen molar-refractivity contribution in [2.24, 2.45) is 0 Å². The van der Waals surface area contributed by atoms with Gasteiger partial charge < -0.3 is 10.2 Å². The minimum absolute atomic E-state index is 0.196. The molecule has 2 aromatic carbocycles. The molecule has 0 saturated carbocycles. The number of hydrogen-bond donors (Lipinski definition) is 1. The number of anilines is 1. The molecular formula is C21H26BrN3O4S. The largest absolute Gasteiger partial charge is 0.357 e. The molecular weight excluding hydrogens is 470 g/mol. The molecule has 0 aliphatic heterocycles. The summed E-state index contributed by atoms with van der Waals surface area (Å²) in [6, 6.07) is 15.3. The Morgan fingerprint density at radius 2 is 1.77 bits per heavy atom. The lowest BCUT2D eigenvalue weighted by Crippen LogP contribution is -2.51. The van der Waals surface area contributed by atoms with E-state index in [1.807, 2.05) is 37.3 Å². The Morgan fingerprint density at radius 1 is 1.10 bits per heavy atom. The fourth-order valence-corrected chi connectivity index (χ4v) is 4.34. The van der Waals surface area contributed by atoms with Gasteiger partial charge in [-0.1, -0.05) is 59.3 Å². The van der Waals surface area contributed by atoms with Crippen molar-refractivity contribution in [2.75, 3.05) is 24.2 Å². The monoisotopic (exact) mass is 495 g/mol. The van der Waals surface area contributed by atoms with Gasteiger partial charge >= 0.3 is 0 Å². The third kappa shape index (κ3) is 6.30. The van der Waals surface area contributed by atoms with Crippen molar-refractivity contribution in [3.8, 4) is 0 Å². The van der Waals surface area contributed by atoms with Crippen LogP contribution in [0, 0.1) is 0 Å². The highest BCUT2D eigenvalue weighted by atomic mass is 79.9. The molecule has 2 rings (SSSR count). The van der Waals surface area contributed by atoms with Crippen LogP contribution in [0.3, 0.4) is 0 Å². The molecule has 1 atom stereocenters. The Kier molecular flexibility index (Phi) is 8.43. The van der Waals surface area contributed by atoms with Crippen LogP contribution < -0.4 is 9.62 Å². The Hall–Kier alpha value is -2.39. The predicted octanol–water partition coefficient (Wildman–Crippen LogP) is 2.77. The fourth-order valence-electron chi connectivity index (χ4n) is 3.11. The zero-order valence-corrected chi connectivity index (χ0v) is 19.6. The van der Waals surface area contributed by atoms with Gasteiger partial charge in [-0.3, -0.25) is 13.9 Å². The Labute approximate surface area is 186 Å². The lowest BCUT2D eigenvalue weighted by Gasteiger charge is -2.32. The van der Waals surface area contributed by atoms with Gasteiger partial charge in [0.2, 0.25) is 21.8 Å². The Morgan fingerprint density at radius 3 is 2.30 bits per heavy atom. The summed E-state index contributed by atoms with van der Waals surface area (Å²) in [7, 11) is -2.22. The van der Waals surface area contributed by atoms with Crippen molar-refractivity contribution < 1.29 is 18.0 Å². The van der Waals surface area contributed by atoms with Crippen LogP contribution in [0.4, 0.5) is 5.69 Å². The number of nitrogens with one attached hydrogen (secondary N) is 1. The van der Waals surface area contributed by atoms with Crippen LogP contribution in [0.2, 0.25) is 0 Å². The molecule has 9 heteroatoms. The lowest BCUT2D eigenvalue weighted by atomic mass is 10.1. The number of rotatable bonds is 9. The summed E-state index contributed by atoms with van der Waals surface area (Å²) in [6.45, 7) is 1.60. The second-order valence-corrected chi connectivity index (χ2v) is 9.62. The molecule has 1 N–H and O–H groups in total. The van der Waals surface area contributed by atoms with Crippen molar-refractivity contribution in [1.29, 1.82) is 0 Å². The fraction of sp³-hybridized carbons (Fsp3) is 0.333. The van der Waals surface area contributed by atoms with Crippen molar-refractivity contribution in [1.82, 2.24) is 10.2 Å². The van der Waals surface area contributed by atoms with Crippen molar-refractivity contribution in [2.45, 2.75) is 25.9 Å². The first-order chi connectivity index (χ1) is 14.2. The topological polar surface area (TPSA) is 86.8 Å². The molecule has 0 unspecified atom stereocenters. The summed E-state index contributed by atoms with van der Waals surface area (Å²) >= 11 is 3.33. The first-order valence-corrected chi connectivity index (χ1v) is 12.1. The number of benzene rings is 2. The van der Waals surface area contributed by atoms with E-state index >= 15 is 0 Å². The highest BCUT2D eigenvalue weighted by Gasteiger charge is 2.31. The van der Waals surface area contributed by atoms with Gasteiger partial charge in [0.1, 0.15) is 12.6 Å². The van der Waals surface area contributed by atoms with E-state index in [-0.39, 0.29) is 12.5 Å². The number of halogens is 1. The summed E-state index contributed by atoms with van der Waals surface area (Å²) in [5.41, 5.74) is 1.22. The summed E-state index contributed by atoms with van der Waals surface area (Å²) in [5.74, 6) is -0.755. The molecule has 0 aliphatic carbocycles. The number of nitrogens with zero attached hydrogens (tertiary/aromatic N) is 2. The molecule has 0 fully saturated rings. The zero-order valence-electron chi connectivity index (χ0n) is 17.2. The first-order valence-electron chi connectivity index (χ1n) is 9.45. The maximum Gasteiger partial charge on any atom is 0.244 e. The van der Waals surface area contributed by atoms with Gasteiger partial charge in [-0.05, 0) is 30.2 Å². The minimum atomic E-state index is -3.73. The summed E-state index contributed by atoms with van der Waals surface area (Å²) in [5, 5.41) is 2.59. The van der Waals surface area contributed by atoms with Crippen LogP contribution in [-0.2, 0) is 26.2 Å². The van der Waals surface area contributed by atoms with Crippen LogP contribution in [-0.4, -0.2) is 51.0 Å². The molecule has 2 amide bonds. The molecule has 0 heterocycles. The van der Waals surface area contributed by atoms with E-state index in [1.165, 1.54) is 11.9 Å². The normalized spacial score (nSPS) is 12.1. The first kappa shape index (κ1) is 23.9. The number of carbonyl (C=O) groups excluding carboxylic acids is 2. The Bertz CT molecular complexity index is 983. The van der Waals surface area contributed by atoms with Gasteiger partial charge in [-0.15, -0.1) is 0 Å². The second-order valence-electron chi connectivity index (χ2n) is 6.80. The van der Waals surface area contributed by atoms with Crippen LogP contribution in [0.25, 0.3) is 0 Å². The molecule has 0 spiro atoms. The average Bonchev–Trinajstić information content (AvgIpc) is 2.71. The van der Waals surface area contributed by atoms with Gasteiger partial charge in [-0.25, -0.2) is 8.42 Å². The lowest BCUT2D eigenvalue weighted by molar-refractivity contribution is -0.140. The third-order valence-electron chi connectivity index (χ3n) is 4.60. The van der Waals surface area contributed by atoms with Gasteiger partial charge in [-0.2, -0.15) is 0 Å². The highest BCUT2D eigenvalue weighted by Crippen LogP contribution is 2.23. The summed E-state index contributed by atoms with van der Waals surface area (Å²) in [6.07, 6.45) is 1.45. The SMILES string of the molecule is CC[C@H](C(=O)NC)N(Cc1ccccc1)C(=O)CN(c1cccc(Br)c1)S(C)(=O)=O. The van der Waals surface area contributed by atoms with E-state index in [4.69, 9.17) is 0 Å². The second kappa shape index (κ2) is 10.6. The van der Waals surface area contributed by atoms with Crippen molar-refractivity contribution in [3.05, 3.63) is 64.6 Å². The summed E-state index contributed by atoms with van der Waals surface area (Å²) < 4.78 is 26.6. The average molecular weight is 496 g/mol. The molecule has 0 bridgehead atoms. The molecule has 0 aliphatic rings. The molecule has 0 radical (unpaired) electrons. The zero-order chi connectivity index (χ0) is 22.3. The predicted molar refractivity (Wildman–Crippen MR) is 121 cm³/mol. The number of sulfonamides is 1. The molecule has 7 nitrogen and oxygen atoms in total. The molecule has 0 saturated heterocycles. The maximum atomic E-state index is 13.3. The number of carbonyl (C=O) groups is 2. The minimum Gasteiger partial charge on any atom is -0.357 e. The number of hydrogen-bond acceptors (Lipinski definition) is 4. The smallest absolute Gasteiger partial charge is 0.244 e. The van der Waals surface area contributed by atoms with E-state index < -0.39 is 28.5 Å². The van der Waals surface area contributed by atoms with E-state index in [0.717, 1.165) is 16.1 Å². The quantitative estimate of drug-likeness (QED) is 0.579. The van der Waals surface area contributed by atoms with Crippen molar-refractivity contribution in [3.63, 3.8) is 0 Å². The highest BCUT2D eigenvalue weighted by molar-refractivity contribution is 9.10. The van der Waals surface area contributed by atoms with Gasteiger partial charge in [0.25, 0.3) is 0 Å². The van der Waals surface area contributed by atoms with Crippen molar-refractivity contribution >= 4 is 43.5 Å². The molecule has 30 heavy (non-hydrogen) atoms. The Balaban J connectivity index is 2.40.